The summed E-state index contributed by atoms with van der Waals surface area (Å²) in [6, 6.07) is 5.53. The molecule has 1 rings (SSSR count). The SMILES string of the molecule is CCNC(=O)C(C)NCc1ccc(Br)c(Cl)c1. The highest BCUT2D eigenvalue weighted by Crippen LogP contribution is 2.23. The Kier molecular flexibility index (Phi) is 5.95. The molecule has 0 aromatic heterocycles. The Morgan fingerprint density at radius 1 is 1.53 bits per heavy atom. The molecule has 0 saturated carbocycles. The second-order valence-corrected chi connectivity index (χ2v) is 5.01. The molecular weight excluding hydrogens is 304 g/mol. The summed E-state index contributed by atoms with van der Waals surface area (Å²) >= 11 is 9.32. The molecule has 94 valence electrons. The van der Waals surface area contributed by atoms with Crippen molar-refractivity contribution in [3.05, 3.63) is 33.3 Å². The number of carbonyl (C=O) groups excluding carboxylic acids is 1. The van der Waals surface area contributed by atoms with E-state index in [0.717, 1.165) is 10.0 Å². The molecule has 0 radical (unpaired) electrons. The Bertz CT molecular complexity index is 398. The number of hydrogen-bond acceptors (Lipinski definition) is 2. The fourth-order valence-electron chi connectivity index (χ4n) is 1.34. The number of nitrogens with one attached hydrogen (secondary N) is 2. The van der Waals surface area contributed by atoms with Gasteiger partial charge in [-0.05, 0) is 47.5 Å². The number of carbonyl (C=O) groups is 1. The smallest absolute Gasteiger partial charge is 0.236 e. The van der Waals surface area contributed by atoms with Gasteiger partial charge in [-0.2, -0.15) is 0 Å². The molecule has 0 aliphatic heterocycles. The topological polar surface area (TPSA) is 41.1 Å². The number of hydrogen-bond donors (Lipinski definition) is 2. The molecule has 0 heterocycles. The minimum Gasteiger partial charge on any atom is -0.355 e. The minimum absolute atomic E-state index is 0.00992. The van der Waals surface area contributed by atoms with Crippen LogP contribution in [-0.4, -0.2) is 18.5 Å². The fraction of sp³-hybridized carbons (Fsp3) is 0.417. The van der Waals surface area contributed by atoms with Crippen LogP contribution in [0, 0.1) is 0 Å². The number of halogens is 2. The molecule has 0 bridgehead atoms. The molecule has 0 saturated heterocycles. The molecule has 0 spiro atoms. The lowest BCUT2D eigenvalue weighted by atomic mass is 10.2. The molecule has 0 fully saturated rings. The van der Waals surface area contributed by atoms with E-state index in [-0.39, 0.29) is 11.9 Å². The molecule has 5 heteroatoms. The molecular formula is C12H16BrClN2O. The first-order valence-corrected chi connectivity index (χ1v) is 6.66. The van der Waals surface area contributed by atoms with Gasteiger partial charge in [0, 0.05) is 17.6 Å². The van der Waals surface area contributed by atoms with E-state index < -0.39 is 0 Å². The van der Waals surface area contributed by atoms with Gasteiger partial charge in [0.2, 0.25) is 5.91 Å². The zero-order valence-electron chi connectivity index (χ0n) is 9.89. The van der Waals surface area contributed by atoms with Gasteiger partial charge in [-0.15, -0.1) is 0 Å². The average molecular weight is 320 g/mol. The maximum Gasteiger partial charge on any atom is 0.236 e. The van der Waals surface area contributed by atoms with E-state index in [9.17, 15) is 4.79 Å². The third-order valence-electron chi connectivity index (χ3n) is 2.34. The van der Waals surface area contributed by atoms with Crippen LogP contribution in [0.15, 0.2) is 22.7 Å². The zero-order chi connectivity index (χ0) is 12.8. The van der Waals surface area contributed by atoms with Crippen LogP contribution in [0.1, 0.15) is 19.4 Å². The van der Waals surface area contributed by atoms with Crippen molar-refractivity contribution in [1.82, 2.24) is 10.6 Å². The van der Waals surface area contributed by atoms with Crippen molar-refractivity contribution in [2.45, 2.75) is 26.4 Å². The summed E-state index contributed by atoms with van der Waals surface area (Å²) in [6.45, 7) is 5.00. The van der Waals surface area contributed by atoms with Gasteiger partial charge >= 0.3 is 0 Å². The van der Waals surface area contributed by atoms with Crippen LogP contribution in [0.25, 0.3) is 0 Å². The van der Waals surface area contributed by atoms with Gasteiger partial charge in [0.05, 0.1) is 11.1 Å². The van der Waals surface area contributed by atoms with Crippen LogP contribution >= 0.6 is 27.5 Å². The maximum atomic E-state index is 11.5. The van der Waals surface area contributed by atoms with Crippen LogP contribution in [0.3, 0.4) is 0 Å². The van der Waals surface area contributed by atoms with Crippen molar-refractivity contribution in [3.8, 4) is 0 Å². The second-order valence-electron chi connectivity index (χ2n) is 3.75. The lowest BCUT2D eigenvalue weighted by molar-refractivity contribution is -0.122. The molecule has 3 nitrogen and oxygen atoms in total. The summed E-state index contributed by atoms with van der Waals surface area (Å²) in [7, 11) is 0. The number of benzene rings is 1. The predicted octanol–water partition coefficient (Wildman–Crippen LogP) is 2.72. The number of likely N-dealkylation sites (N-methyl/N-ethyl adjacent to an activating group) is 1. The molecule has 17 heavy (non-hydrogen) atoms. The normalized spacial score (nSPS) is 12.2. The first-order valence-electron chi connectivity index (χ1n) is 5.49. The molecule has 1 aromatic rings. The highest BCUT2D eigenvalue weighted by atomic mass is 79.9. The van der Waals surface area contributed by atoms with E-state index in [1.54, 1.807) is 0 Å². The van der Waals surface area contributed by atoms with Crippen LogP contribution in [-0.2, 0) is 11.3 Å². The summed E-state index contributed by atoms with van der Waals surface area (Å²) in [5, 5.41) is 6.59. The molecule has 1 atom stereocenters. The highest BCUT2D eigenvalue weighted by molar-refractivity contribution is 9.10. The Balaban J connectivity index is 2.50. The van der Waals surface area contributed by atoms with Crippen LogP contribution in [0.5, 0.6) is 0 Å². The zero-order valence-corrected chi connectivity index (χ0v) is 12.2. The summed E-state index contributed by atoms with van der Waals surface area (Å²) < 4.78 is 0.875. The Labute approximate surface area is 115 Å². The fourth-order valence-corrected chi connectivity index (χ4v) is 1.79. The first-order chi connectivity index (χ1) is 8.04. The van der Waals surface area contributed by atoms with Crippen LogP contribution < -0.4 is 10.6 Å². The van der Waals surface area contributed by atoms with E-state index in [0.29, 0.717) is 18.1 Å². The van der Waals surface area contributed by atoms with E-state index in [1.807, 2.05) is 32.0 Å². The van der Waals surface area contributed by atoms with Gasteiger partial charge in [-0.25, -0.2) is 0 Å². The summed E-state index contributed by atoms with van der Waals surface area (Å²) in [4.78, 5) is 11.5. The van der Waals surface area contributed by atoms with Crippen molar-refractivity contribution < 1.29 is 4.79 Å². The maximum absolute atomic E-state index is 11.5. The standard InChI is InChI=1S/C12H16BrClN2O/c1-3-15-12(17)8(2)16-7-9-4-5-10(13)11(14)6-9/h4-6,8,16H,3,7H2,1-2H3,(H,15,17). The summed E-state index contributed by atoms with van der Waals surface area (Å²) in [5.41, 5.74) is 1.05. The second kappa shape index (κ2) is 6.99. The highest BCUT2D eigenvalue weighted by Gasteiger charge is 2.10. The quantitative estimate of drug-likeness (QED) is 0.876. The molecule has 1 amide bonds. The Morgan fingerprint density at radius 3 is 2.82 bits per heavy atom. The molecule has 1 aromatic carbocycles. The van der Waals surface area contributed by atoms with E-state index in [1.165, 1.54) is 0 Å². The van der Waals surface area contributed by atoms with Gasteiger partial charge in [0.1, 0.15) is 0 Å². The van der Waals surface area contributed by atoms with Gasteiger partial charge in [-0.1, -0.05) is 17.7 Å². The first kappa shape index (κ1) is 14.5. The molecule has 2 N–H and O–H groups in total. The van der Waals surface area contributed by atoms with Crippen molar-refractivity contribution in [3.63, 3.8) is 0 Å². The lowest BCUT2D eigenvalue weighted by Gasteiger charge is -2.13. The average Bonchev–Trinajstić information content (AvgIpc) is 2.30. The predicted molar refractivity (Wildman–Crippen MR) is 74.1 cm³/mol. The van der Waals surface area contributed by atoms with E-state index in [4.69, 9.17) is 11.6 Å². The van der Waals surface area contributed by atoms with Crippen molar-refractivity contribution >= 4 is 33.4 Å². The molecule has 1 unspecified atom stereocenters. The van der Waals surface area contributed by atoms with Crippen molar-refractivity contribution in [1.29, 1.82) is 0 Å². The monoisotopic (exact) mass is 318 g/mol. The number of amides is 1. The summed E-state index contributed by atoms with van der Waals surface area (Å²) in [5.74, 6) is 0.00992. The van der Waals surface area contributed by atoms with Crippen LogP contribution in [0.4, 0.5) is 0 Å². The summed E-state index contributed by atoms with van der Waals surface area (Å²) in [6.07, 6.45) is 0. The van der Waals surface area contributed by atoms with Crippen molar-refractivity contribution in [2.24, 2.45) is 0 Å². The Morgan fingerprint density at radius 2 is 2.24 bits per heavy atom. The third-order valence-corrected chi connectivity index (χ3v) is 3.57. The molecule has 0 aliphatic rings. The van der Waals surface area contributed by atoms with Crippen LogP contribution in [0.2, 0.25) is 5.02 Å². The van der Waals surface area contributed by atoms with Gasteiger partial charge in [0.25, 0.3) is 0 Å². The minimum atomic E-state index is -0.211. The lowest BCUT2D eigenvalue weighted by Crippen LogP contribution is -2.41. The van der Waals surface area contributed by atoms with E-state index in [2.05, 4.69) is 26.6 Å². The Hall–Kier alpha value is -0.580. The van der Waals surface area contributed by atoms with Gasteiger partial charge < -0.3 is 10.6 Å². The molecule has 0 aliphatic carbocycles. The number of rotatable bonds is 5. The van der Waals surface area contributed by atoms with Gasteiger partial charge in [-0.3, -0.25) is 4.79 Å². The third kappa shape index (κ3) is 4.66. The van der Waals surface area contributed by atoms with Gasteiger partial charge in [0.15, 0.2) is 0 Å². The van der Waals surface area contributed by atoms with Crippen molar-refractivity contribution in [2.75, 3.05) is 6.54 Å². The van der Waals surface area contributed by atoms with E-state index >= 15 is 0 Å². The largest absolute Gasteiger partial charge is 0.355 e.